The number of rotatable bonds is 4. The van der Waals surface area contributed by atoms with E-state index >= 15 is 0 Å². The second-order valence-electron chi connectivity index (χ2n) is 5.29. The number of anilines is 1. The third-order valence-corrected chi connectivity index (χ3v) is 3.80. The summed E-state index contributed by atoms with van der Waals surface area (Å²) in [6.45, 7) is 0. The van der Waals surface area contributed by atoms with E-state index in [2.05, 4.69) is 5.32 Å². The Morgan fingerprint density at radius 1 is 1.29 bits per heavy atom. The lowest BCUT2D eigenvalue weighted by Gasteiger charge is -2.24. The van der Waals surface area contributed by atoms with Crippen molar-refractivity contribution in [3.05, 3.63) is 33.9 Å². The highest BCUT2D eigenvalue weighted by atomic mass is 19.3. The Morgan fingerprint density at radius 2 is 2.00 bits per heavy atom. The van der Waals surface area contributed by atoms with Crippen LogP contribution in [0.25, 0.3) is 0 Å². The minimum absolute atomic E-state index is 0.154. The molecule has 21 heavy (non-hydrogen) atoms. The molecule has 1 aromatic rings. The van der Waals surface area contributed by atoms with Crippen molar-refractivity contribution in [2.24, 2.45) is 0 Å². The van der Waals surface area contributed by atoms with Crippen LogP contribution in [0.15, 0.2) is 18.2 Å². The zero-order valence-electron chi connectivity index (χ0n) is 11.5. The van der Waals surface area contributed by atoms with Crippen molar-refractivity contribution in [1.29, 1.82) is 0 Å². The number of nitrogens with one attached hydrogen (secondary N) is 1. The number of nitro benzene ring substituents is 1. The Hall–Kier alpha value is -1.76. The van der Waals surface area contributed by atoms with Gasteiger partial charge in [0.1, 0.15) is 0 Å². The van der Waals surface area contributed by atoms with Crippen LogP contribution in [0, 0.1) is 10.1 Å². The predicted octanol–water partition coefficient (Wildman–Crippen LogP) is 3.64. The molecule has 2 unspecified atom stereocenters. The summed E-state index contributed by atoms with van der Waals surface area (Å²) in [6.07, 6.45) is 0.781. The lowest BCUT2D eigenvalue weighted by Crippen LogP contribution is -2.32. The number of alkyl halides is 2. The summed E-state index contributed by atoms with van der Waals surface area (Å²) in [4.78, 5) is 9.98. The first-order chi connectivity index (χ1) is 9.99. The zero-order chi connectivity index (χ0) is 15.4. The van der Waals surface area contributed by atoms with Gasteiger partial charge in [0.05, 0.1) is 17.1 Å². The third-order valence-electron chi connectivity index (χ3n) is 3.80. The SMILES string of the molecule is O=[N+]([O-])c1ccc(NC2CCCCCC2O)c(C(F)F)c1. The molecule has 1 aromatic carbocycles. The van der Waals surface area contributed by atoms with Crippen LogP contribution >= 0.6 is 0 Å². The van der Waals surface area contributed by atoms with E-state index < -0.39 is 23.0 Å². The third kappa shape index (κ3) is 3.87. The van der Waals surface area contributed by atoms with Crippen molar-refractivity contribution in [2.75, 3.05) is 5.32 Å². The van der Waals surface area contributed by atoms with E-state index in [4.69, 9.17) is 0 Å². The molecule has 0 bridgehead atoms. The van der Waals surface area contributed by atoms with Gasteiger partial charge in [-0.1, -0.05) is 19.3 Å². The fraction of sp³-hybridized carbons (Fsp3) is 0.571. The van der Waals surface area contributed by atoms with Gasteiger partial charge in [-0.3, -0.25) is 10.1 Å². The maximum Gasteiger partial charge on any atom is 0.270 e. The monoisotopic (exact) mass is 300 g/mol. The van der Waals surface area contributed by atoms with E-state index in [0.29, 0.717) is 12.8 Å². The maximum absolute atomic E-state index is 13.1. The zero-order valence-corrected chi connectivity index (χ0v) is 11.5. The van der Waals surface area contributed by atoms with Crippen molar-refractivity contribution in [3.8, 4) is 0 Å². The largest absolute Gasteiger partial charge is 0.391 e. The normalized spacial score (nSPS) is 22.9. The van der Waals surface area contributed by atoms with Crippen molar-refractivity contribution in [3.63, 3.8) is 0 Å². The van der Waals surface area contributed by atoms with Gasteiger partial charge in [0.25, 0.3) is 12.1 Å². The molecule has 2 N–H and O–H groups in total. The van der Waals surface area contributed by atoms with Gasteiger partial charge >= 0.3 is 0 Å². The number of benzene rings is 1. The lowest BCUT2D eigenvalue weighted by molar-refractivity contribution is -0.385. The summed E-state index contributed by atoms with van der Waals surface area (Å²) < 4.78 is 26.2. The molecule has 2 atom stereocenters. The van der Waals surface area contributed by atoms with E-state index in [-0.39, 0.29) is 17.4 Å². The van der Waals surface area contributed by atoms with E-state index in [1.807, 2.05) is 0 Å². The maximum atomic E-state index is 13.1. The molecule has 1 aliphatic carbocycles. The minimum Gasteiger partial charge on any atom is -0.391 e. The number of halogens is 2. The average molecular weight is 300 g/mol. The highest BCUT2D eigenvalue weighted by molar-refractivity contribution is 5.57. The second-order valence-corrected chi connectivity index (χ2v) is 5.29. The highest BCUT2D eigenvalue weighted by Crippen LogP contribution is 2.32. The fourth-order valence-electron chi connectivity index (χ4n) is 2.63. The van der Waals surface area contributed by atoms with E-state index in [9.17, 15) is 24.0 Å². The van der Waals surface area contributed by atoms with Crippen LogP contribution in [0.1, 0.15) is 44.1 Å². The van der Waals surface area contributed by atoms with Crippen LogP contribution in [0.3, 0.4) is 0 Å². The molecule has 1 fully saturated rings. The van der Waals surface area contributed by atoms with Gasteiger partial charge in [0.2, 0.25) is 0 Å². The molecule has 2 rings (SSSR count). The Kier molecular flexibility index (Phi) is 5.06. The summed E-state index contributed by atoms with van der Waals surface area (Å²) in [5.74, 6) is 0. The minimum atomic E-state index is -2.81. The summed E-state index contributed by atoms with van der Waals surface area (Å²) in [5, 5.41) is 23.6. The van der Waals surface area contributed by atoms with E-state index in [1.165, 1.54) is 12.1 Å². The van der Waals surface area contributed by atoms with Gasteiger partial charge in [-0.25, -0.2) is 8.78 Å². The van der Waals surface area contributed by atoms with Crippen molar-refractivity contribution in [2.45, 2.75) is 50.7 Å². The van der Waals surface area contributed by atoms with Gasteiger partial charge < -0.3 is 10.4 Å². The number of hydrogen-bond acceptors (Lipinski definition) is 4. The van der Waals surface area contributed by atoms with Crippen LogP contribution in [0.4, 0.5) is 20.2 Å². The molecule has 0 heterocycles. The molecule has 0 radical (unpaired) electrons. The van der Waals surface area contributed by atoms with Gasteiger partial charge in [0.15, 0.2) is 0 Å². The summed E-state index contributed by atoms with van der Waals surface area (Å²) in [5.41, 5.74) is -0.612. The number of nitrogens with zero attached hydrogens (tertiary/aromatic N) is 1. The highest BCUT2D eigenvalue weighted by Gasteiger charge is 2.24. The topological polar surface area (TPSA) is 75.4 Å². The first-order valence-electron chi connectivity index (χ1n) is 7.00. The van der Waals surface area contributed by atoms with Crippen molar-refractivity contribution in [1.82, 2.24) is 0 Å². The number of non-ortho nitro benzene ring substituents is 1. The van der Waals surface area contributed by atoms with Crippen LogP contribution < -0.4 is 5.32 Å². The molecule has 0 amide bonds. The Morgan fingerprint density at radius 3 is 2.67 bits per heavy atom. The molecule has 0 aromatic heterocycles. The standard InChI is InChI=1S/C14H18F2N2O3/c15-14(16)10-8-9(18(20)21)6-7-11(10)17-12-4-2-1-3-5-13(12)19/h6-8,12-14,17,19H,1-5H2. The van der Waals surface area contributed by atoms with Gasteiger partial charge in [-0.15, -0.1) is 0 Å². The second kappa shape index (κ2) is 6.80. The summed E-state index contributed by atoms with van der Waals surface area (Å²) >= 11 is 0. The Bertz CT molecular complexity index is 511. The van der Waals surface area contributed by atoms with Gasteiger partial charge in [0, 0.05) is 23.4 Å². The molecule has 1 saturated carbocycles. The molecular formula is C14H18F2N2O3. The Balaban J connectivity index is 2.23. The van der Waals surface area contributed by atoms with Crippen LogP contribution in [0.5, 0.6) is 0 Å². The van der Waals surface area contributed by atoms with Crippen LogP contribution in [-0.2, 0) is 0 Å². The molecule has 7 heteroatoms. The molecule has 0 aliphatic heterocycles. The molecule has 0 spiro atoms. The van der Waals surface area contributed by atoms with Crippen LogP contribution in [-0.4, -0.2) is 22.2 Å². The first-order valence-corrected chi connectivity index (χ1v) is 7.00. The van der Waals surface area contributed by atoms with Gasteiger partial charge in [-0.2, -0.15) is 0 Å². The predicted molar refractivity (Wildman–Crippen MR) is 74.6 cm³/mol. The fourth-order valence-corrected chi connectivity index (χ4v) is 2.63. The van der Waals surface area contributed by atoms with E-state index in [1.54, 1.807) is 0 Å². The number of hydrogen-bond donors (Lipinski definition) is 2. The Labute approximate surface area is 121 Å². The quantitative estimate of drug-likeness (QED) is 0.506. The average Bonchev–Trinajstić information content (AvgIpc) is 2.64. The smallest absolute Gasteiger partial charge is 0.270 e. The number of aliphatic hydroxyl groups is 1. The van der Waals surface area contributed by atoms with Crippen molar-refractivity contribution >= 4 is 11.4 Å². The van der Waals surface area contributed by atoms with Crippen molar-refractivity contribution < 1.29 is 18.8 Å². The number of aliphatic hydroxyl groups excluding tert-OH is 1. The van der Waals surface area contributed by atoms with Gasteiger partial charge in [-0.05, 0) is 18.9 Å². The molecule has 116 valence electrons. The molecular weight excluding hydrogens is 282 g/mol. The summed E-state index contributed by atoms with van der Waals surface area (Å²) in [6, 6.07) is 3.07. The summed E-state index contributed by atoms with van der Waals surface area (Å²) in [7, 11) is 0. The molecule has 5 nitrogen and oxygen atoms in total. The lowest BCUT2D eigenvalue weighted by atomic mass is 10.0. The molecule has 0 saturated heterocycles. The van der Waals surface area contributed by atoms with Crippen LogP contribution in [0.2, 0.25) is 0 Å². The first kappa shape index (κ1) is 15.6. The van der Waals surface area contributed by atoms with E-state index in [0.717, 1.165) is 25.3 Å². The molecule has 1 aliphatic rings. The number of nitro groups is 1.